The van der Waals surface area contributed by atoms with Crippen LogP contribution < -0.4 is 15.4 Å². The number of hydrogen-bond acceptors (Lipinski definition) is 3. The molecule has 2 rings (SSSR count). The van der Waals surface area contributed by atoms with Gasteiger partial charge in [-0.05, 0) is 38.5 Å². The number of ether oxygens (including phenoxy) is 1. The van der Waals surface area contributed by atoms with Crippen molar-refractivity contribution in [3.05, 3.63) is 48.0 Å². The van der Waals surface area contributed by atoms with Gasteiger partial charge in [-0.15, -0.1) is 0 Å². The smallest absolute Gasteiger partial charge is 0.123 e. The lowest BCUT2D eigenvalue weighted by Crippen LogP contribution is -2.12. The number of nitrogen functional groups attached to an aromatic ring is 1. The van der Waals surface area contributed by atoms with Crippen molar-refractivity contribution in [1.82, 2.24) is 0 Å². The molecule has 0 aliphatic heterocycles. The fourth-order valence-corrected chi connectivity index (χ4v) is 2.22. The van der Waals surface area contributed by atoms with Gasteiger partial charge in [0.2, 0.25) is 0 Å². The van der Waals surface area contributed by atoms with Gasteiger partial charge in [-0.2, -0.15) is 0 Å². The van der Waals surface area contributed by atoms with Crippen LogP contribution in [0, 0.1) is 6.92 Å². The quantitative estimate of drug-likeness (QED) is 0.849. The summed E-state index contributed by atoms with van der Waals surface area (Å²) in [6.45, 7) is 6.12. The van der Waals surface area contributed by atoms with Crippen molar-refractivity contribution in [2.75, 3.05) is 17.7 Å². The minimum absolute atomic E-state index is 0.133. The third-order valence-corrected chi connectivity index (χ3v) is 3.15. The van der Waals surface area contributed by atoms with Gasteiger partial charge < -0.3 is 15.4 Å². The fraction of sp³-hybridized carbons (Fsp3) is 0.294. The number of aryl methyl sites for hydroxylation is 1. The zero-order valence-corrected chi connectivity index (χ0v) is 12.6. The van der Waals surface area contributed by atoms with Gasteiger partial charge in [0.25, 0.3) is 0 Å². The van der Waals surface area contributed by atoms with Crippen molar-refractivity contribution >= 4 is 17.1 Å². The number of nitrogens with two attached hydrogens (primary N) is 1. The van der Waals surface area contributed by atoms with Crippen LogP contribution in [0.1, 0.15) is 19.4 Å². The van der Waals surface area contributed by atoms with Gasteiger partial charge in [0, 0.05) is 36.2 Å². The Hall–Kier alpha value is -2.16. The van der Waals surface area contributed by atoms with E-state index in [1.807, 2.05) is 51.2 Å². The van der Waals surface area contributed by atoms with Gasteiger partial charge in [-0.1, -0.05) is 18.2 Å². The molecule has 0 unspecified atom stereocenters. The van der Waals surface area contributed by atoms with Crippen LogP contribution in [0.3, 0.4) is 0 Å². The van der Waals surface area contributed by atoms with Crippen LogP contribution in [0.15, 0.2) is 42.5 Å². The predicted molar refractivity (Wildman–Crippen MR) is 85.9 cm³/mol. The molecule has 2 N–H and O–H groups in total. The minimum Gasteiger partial charge on any atom is -0.491 e. The van der Waals surface area contributed by atoms with Crippen LogP contribution in [-0.4, -0.2) is 13.2 Å². The van der Waals surface area contributed by atoms with E-state index >= 15 is 0 Å². The summed E-state index contributed by atoms with van der Waals surface area (Å²) in [5.74, 6) is 0.801. The first kappa shape index (κ1) is 14.3. The second-order valence-electron chi connectivity index (χ2n) is 5.27. The molecule has 3 nitrogen and oxygen atoms in total. The maximum Gasteiger partial charge on any atom is 0.123 e. The van der Waals surface area contributed by atoms with E-state index in [2.05, 4.69) is 24.0 Å². The molecule has 0 spiro atoms. The van der Waals surface area contributed by atoms with E-state index in [4.69, 9.17) is 10.5 Å². The molecule has 0 saturated heterocycles. The number of para-hydroxylation sites is 1. The highest BCUT2D eigenvalue weighted by molar-refractivity contribution is 5.70. The Bertz CT molecular complexity index is 593. The molecule has 106 valence electrons. The summed E-state index contributed by atoms with van der Waals surface area (Å²) in [4.78, 5) is 2.12. The second kappa shape index (κ2) is 5.87. The van der Waals surface area contributed by atoms with Crippen LogP contribution in [0.4, 0.5) is 17.1 Å². The van der Waals surface area contributed by atoms with E-state index in [9.17, 15) is 0 Å². The van der Waals surface area contributed by atoms with E-state index in [0.29, 0.717) is 5.69 Å². The molecular weight excluding hydrogens is 248 g/mol. The Kier molecular flexibility index (Phi) is 4.18. The molecule has 0 amide bonds. The summed E-state index contributed by atoms with van der Waals surface area (Å²) >= 11 is 0. The zero-order valence-electron chi connectivity index (χ0n) is 12.6. The first-order chi connectivity index (χ1) is 9.47. The van der Waals surface area contributed by atoms with Crippen LogP contribution in [0.5, 0.6) is 5.75 Å². The maximum absolute atomic E-state index is 5.98. The lowest BCUT2D eigenvalue weighted by atomic mass is 10.1. The van der Waals surface area contributed by atoms with E-state index in [1.165, 1.54) is 5.56 Å². The number of hydrogen-bond donors (Lipinski definition) is 1. The minimum atomic E-state index is 0.133. The Morgan fingerprint density at radius 3 is 2.45 bits per heavy atom. The molecular formula is C17H22N2O. The normalized spacial score (nSPS) is 10.7. The molecule has 0 radical (unpaired) electrons. The molecule has 0 aliphatic rings. The summed E-state index contributed by atoms with van der Waals surface area (Å²) in [5, 5.41) is 0. The number of anilines is 3. The topological polar surface area (TPSA) is 38.5 Å². The Morgan fingerprint density at radius 1 is 1.10 bits per heavy atom. The Labute approximate surface area is 121 Å². The van der Waals surface area contributed by atoms with Gasteiger partial charge in [-0.3, -0.25) is 0 Å². The monoisotopic (exact) mass is 270 g/mol. The lowest BCUT2D eigenvalue weighted by molar-refractivity contribution is 0.242. The molecule has 3 heteroatoms. The third kappa shape index (κ3) is 3.23. The average Bonchev–Trinajstić information content (AvgIpc) is 2.37. The summed E-state index contributed by atoms with van der Waals surface area (Å²) in [7, 11) is 2.04. The molecule has 2 aromatic carbocycles. The van der Waals surface area contributed by atoms with E-state index in [0.717, 1.165) is 17.1 Å². The summed E-state index contributed by atoms with van der Waals surface area (Å²) in [6.07, 6.45) is 0.133. The SMILES string of the molecule is Cc1ccccc1N(C)c1cc(N)cc(OC(C)C)c1. The second-order valence-corrected chi connectivity index (χ2v) is 5.27. The summed E-state index contributed by atoms with van der Waals surface area (Å²) in [6, 6.07) is 14.1. The molecule has 0 aromatic heterocycles. The van der Waals surface area contributed by atoms with Crippen molar-refractivity contribution in [1.29, 1.82) is 0 Å². The summed E-state index contributed by atoms with van der Waals surface area (Å²) < 4.78 is 5.75. The van der Waals surface area contributed by atoms with Gasteiger partial charge in [0.05, 0.1) is 6.10 Å². The standard InChI is InChI=1S/C17H22N2O/c1-12(2)20-16-10-14(18)9-15(11-16)19(4)17-8-6-5-7-13(17)3/h5-12H,18H2,1-4H3. The summed E-state index contributed by atoms with van der Waals surface area (Å²) in [5.41, 5.74) is 10.1. The maximum atomic E-state index is 5.98. The van der Waals surface area contributed by atoms with Crippen LogP contribution in [0.25, 0.3) is 0 Å². The third-order valence-electron chi connectivity index (χ3n) is 3.15. The van der Waals surface area contributed by atoms with Crippen LogP contribution in [-0.2, 0) is 0 Å². The highest BCUT2D eigenvalue weighted by Crippen LogP contribution is 2.31. The molecule has 20 heavy (non-hydrogen) atoms. The fourth-order valence-electron chi connectivity index (χ4n) is 2.22. The Morgan fingerprint density at radius 2 is 1.80 bits per heavy atom. The molecule has 0 heterocycles. The van der Waals surface area contributed by atoms with Crippen molar-refractivity contribution in [3.63, 3.8) is 0 Å². The molecule has 0 atom stereocenters. The van der Waals surface area contributed by atoms with Crippen LogP contribution >= 0.6 is 0 Å². The van der Waals surface area contributed by atoms with E-state index < -0.39 is 0 Å². The van der Waals surface area contributed by atoms with Gasteiger partial charge >= 0.3 is 0 Å². The van der Waals surface area contributed by atoms with E-state index in [-0.39, 0.29) is 6.10 Å². The van der Waals surface area contributed by atoms with Gasteiger partial charge in [0.1, 0.15) is 5.75 Å². The highest BCUT2D eigenvalue weighted by Gasteiger charge is 2.09. The molecule has 2 aromatic rings. The van der Waals surface area contributed by atoms with Gasteiger partial charge in [0.15, 0.2) is 0 Å². The molecule has 0 bridgehead atoms. The molecule has 0 aliphatic carbocycles. The number of nitrogens with zero attached hydrogens (tertiary/aromatic N) is 1. The molecule has 0 saturated carbocycles. The van der Waals surface area contributed by atoms with Crippen molar-refractivity contribution in [2.45, 2.75) is 26.9 Å². The Balaban J connectivity index is 2.37. The van der Waals surface area contributed by atoms with E-state index in [1.54, 1.807) is 0 Å². The first-order valence-electron chi connectivity index (χ1n) is 6.84. The number of benzene rings is 2. The largest absolute Gasteiger partial charge is 0.491 e. The number of rotatable bonds is 4. The predicted octanol–water partition coefficient (Wildman–Crippen LogP) is 4.13. The van der Waals surface area contributed by atoms with Crippen molar-refractivity contribution in [3.8, 4) is 5.75 Å². The lowest BCUT2D eigenvalue weighted by Gasteiger charge is -2.23. The average molecular weight is 270 g/mol. The molecule has 0 fully saturated rings. The van der Waals surface area contributed by atoms with Crippen LogP contribution in [0.2, 0.25) is 0 Å². The van der Waals surface area contributed by atoms with Crippen molar-refractivity contribution in [2.24, 2.45) is 0 Å². The zero-order chi connectivity index (χ0) is 14.7. The van der Waals surface area contributed by atoms with Crippen molar-refractivity contribution < 1.29 is 4.74 Å². The highest BCUT2D eigenvalue weighted by atomic mass is 16.5. The van der Waals surface area contributed by atoms with Gasteiger partial charge in [-0.25, -0.2) is 0 Å². The first-order valence-corrected chi connectivity index (χ1v) is 6.84.